The number of carbonyl (C=O) groups is 2. The number of carbonyl (C=O) groups excluding carboxylic acids is 2. The number of rotatable bonds is 6. The van der Waals surface area contributed by atoms with Gasteiger partial charge in [0.2, 0.25) is 11.8 Å². The summed E-state index contributed by atoms with van der Waals surface area (Å²) in [6, 6.07) is 7.17. The molecule has 2 fully saturated rings. The van der Waals surface area contributed by atoms with Crippen LogP contribution in [0.1, 0.15) is 31.4 Å². The second-order valence-corrected chi connectivity index (χ2v) is 5.76. The van der Waals surface area contributed by atoms with E-state index in [4.69, 9.17) is 10.5 Å². The van der Waals surface area contributed by atoms with Crippen LogP contribution in [-0.2, 0) is 9.59 Å². The van der Waals surface area contributed by atoms with Gasteiger partial charge in [0.1, 0.15) is 5.75 Å². The molecule has 0 aromatic heterocycles. The molecule has 5 nitrogen and oxygen atoms in total. The molecule has 0 spiro atoms. The fraction of sp³-hybridized carbons (Fsp3) is 0.500. The lowest BCUT2D eigenvalue weighted by atomic mass is 10.1. The number of benzene rings is 1. The number of nitrogens with two attached hydrogens (primary N) is 1. The third kappa shape index (κ3) is 2.65. The SMILES string of the molecule is CCCOc1ccc(C(N)CN2C(=O)C3CC3C2=O)cc1. The minimum atomic E-state index is -0.351. The molecule has 3 unspecified atom stereocenters. The minimum absolute atomic E-state index is 0.0525. The summed E-state index contributed by atoms with van der Waals surface area (Å²) in [6.07, 6.45) is 1.69. The maximum absolute atomic E-state index is 11.9. The summed E-state index contributed by atoms with van der Waals surface area (Å²) in [4.78, 5) is 25.2. The Bertz CT molecular complexity index is 535. The van der Waals surface area contributed by atoms with Gasteiger partial charge in [-0.15, -0.1) is 0 Å². The van der Waals surface area contributed by atoms with Gasteiger partial charge in [-0.05, 0) is 30.5 Å². The Balaban J connectivity index is 1.61. The molecular formula is C16H20N2O3. The van der Waals surface area contributed by atoms with Crippen molar-refractivity contribution in [3.8, 4) is 5.75 Å². The third-order valence-corrected chi connectivity index (χ3v) is 4.12. The monoisotopic (exact) mass is 288 g/mol. The number of nitrogens with zero attached hydrogens (tertiary/aromatic N) is 1. The van der Waals surface area contributed by atoms with E-state index in [0.29, 0.717) is 6.61 Å². The average Bonchev–Trinajstić information content (AvgIpc) is 3.26. The Hall–Kier alpha value is -1.88. The van der Waals surface area contributed by atoms with Gasteiger partial charge in [-0.2, -0.15) is 0 Å². The summed E-state index contributed by atoms with van der Waals surface area (Å²) < 4.78 is 5.52. The zero-order valence-electron chi connectivity index (χ0n) is 12.1. The van der Waals surface area contributed by atoms with Crippen LogP contribution < -0.4 is 10.5 Å². The summed E-state index contributed by atoms with van der Waals surface area (Å²) in [5.41, 5.74) is 7.03. The first-order valence-electron chi connectivity index (χ1n) is 7.45. The zero-order valence-corrected chi connectivity index (χ0v) is 12.1. The van der Waals surface area contributed by atoms with Gasteiger partial charge in [-0.3, -0.25) is 14.5 Å². The van der Waals surface area contributed by atoms with E-state index < -0.39 is 0 Å². The number of fused-ring (bicyclic) bond motifs is 1. The van der Waals surface area contributed by atoms with Crippen LogP contribution in [0.5, 0.6) is 5.75 Å². The molecule has 1 saturated heterocycles. The maximum Gasteiger partial charge on any atom is 0.233 e. The number of amides is 2. The van der Waals surface area contributed by atoms with Gasteiger partial charge < -0.3 is 10.5 Å². The predicted octanol–water partition coefficient (Wildman–Crippen LogP) is 1.48. The number of piperidine rings is 1. The van der Waals surface area contributed by atoms with E-state index in [2.05, 4.69) is 6.92 Å². The zero-order chi connectivity index (χ0) is 15.0. The van der Waals surface area contributed by atoms with Crippen molar-refractivity contribution < 1.29 is 14.3 Å². The van der Waals surface area contributed by atoms with E-state index in [0.717, 1.165) is 24.2 Å². The first-order valence-corrected chi connectivity index (χ1v) is 7.45. The van der Waals surface area contributed by atoms with E-state index in [-0.39, 0.29) is 36.2 Å². The molecule has 3 atom stereocenters. The molecule has 2 N–H and O–H groups in total. The second-order valence-electron chi connectivity index (χ2n) is 5.76. The molecule has 0 bridgehead atoms. The molecule has 2 aliphatic rings. The van der Waals surface area contributed by atoms with E-state index in [1.807, 2.05) is 24.3 Å². The van der Waals surface area contributed by atoms with Gasteiger partial charge in [0, 0.05) is 12.6 Å². The Morgan fingerprint density at radius 3 is 2.43 bits per heavy atom. The fourth-order valence-electron chi connectivity index (χ4n) is 2.76. The van der Waals surface area contributed by atoms with Gasteiger partial charge in [0.15, 0.2) is 0 Å². The second kappa shape index (κ2) is 5.48. The first-order chi connectivity index (χ1) is 10.1. The van der Waals surface area contributed by atoms with E-state index in [1.54, 1.807) is 0 Å². The van der Waals surface area contributed by atoms with Crippen molar-refractivity contribution in [2.75, 3.05) is 13.2 Å². The molecule has 3 rings (SSSR count). The number of hydrogen-bond acceptors (Lipinski definition) is 4. The lowest BCUT2D eigenvalue weighted by Gasteiger charge is -2.21. The van der Waals surface area contributed by atoms with Crippen LogP contribution in [0.4, 0.5) is 0 Å². The van der Waals surface area contributed by atoms with Gasteiger partial charge in [-0.1, -0.05) is 19.1 Å². The summed E-state index contributed by atoms with van der Waals surface area (Å²) in [7, 11) is 0. The normalized spacial score (nSPS) is 25.0. The van der Waals surface area contributed by atoms with Crippen LogP contribution in [0.3, 0.4) is 0 Å². The number of imide groups is 1. The first kappa shape index (κ1) is 14.1. The molecule has 21 heavy (non-hydrogen) atoms. The maximum atomic E-state index is 11.9. The van der Waals surface area contributed by atoms with Crippen molar-refractivity contribution >= 4 is 11.8 Å². The Morgan fingerprint density at radius 1 is 1.24 bits per heavy atom. The van der Waals surface area contributed by atoms with Gasteiger partial charge in [0.25, 0.3) is 0 Å². The summed E-state index contributed by atoms with van der Waals surface area (Å²) >= 11 is 0. The smallest absolute Gasteiger partial charge is 0.233 e. The van der Waals surface area contributed by atoms with Crippen LogP contribution in [0.25, 0.3) is 0 Å². The van der Waals surface area contributed by atoms with E-state index in [9.17, 15) is 9.59 Å². The Morgan fingerprint density at radius 2 is 1.86 bits per heavy atom. The van der Waals surface area contributed by atoms with Crippen LogP contribution in [-0.4, -0.2) is 29.9 Å². The van der Waals surface area contributed by atoms with Crippen molar-refractivity contribution in [1.82, 2.24) is 4.90 Å². The third-order valence-electron chi connectivity index (χ3n) is 4.12. The largest absolute Gasteiger partial charge is 0.494 e. The van der Waals surface area contributed by atoms with Crippen molar-refractivity contribution in [3.63, 3.8) is 0 Å². The molecular weight excluding hydrogens is 268 g/mol. The van der Waals surface area contributed by atoms with Crippen molar-refractivity contribution in [2.45, 2.75) is 25.8 Å². The van der Waals surface area contributed by atoms with Crippen LogP contribution >= 0.6 is 0 Å². The van der Waals surface area contributed by atoms with Crippen LogP contribution in [0, 0.1) is 11.8 Å². The summed E-state index contributed by atoms with van der Waals surface area (Å²) in [5.74, 6) is 0.582. The molecule has 1 aromatic carbocycles. The standard InChI is InChI=1S/C16H20N2O3/c1-2-7-21-11-5-3-10(4-6-11)14(17)9-18-15(19)12-8-13(12)16(18)20/h3-6,12-14H,2,7-9,17H2,1H3. The number of ether oxygens (including phenoxy) is 1. The van der Waals surface area contributed by atoms with Gasteiger partial charge >= 0.3 is 0 Å². The Kier molecular flexibility index (Phi) is 3.68. The molecule has 1 heterocycles. The lowest BCUT2D eigenvalue weighted by molar-refractivity contribution is -0.141. The molecule has 1 aromatic rings. The van der Waals surface area contributed by atoms with E-state index >= 15 is 0 Å². The Labute approximate surface area is 124 Å². The molecule has 1 aliphatic heterocycles. The van der Waals surface area contributed by atoms with Crippen molar-refractivity contribution in [1.29, 1.82) is 0 Å². The van der Waals surface area contributed by atoms with Crippen LogP contribution in [0.15, 0.2) is 24.3 Å². The highest BCUT2D eigenvalue weighted by atomic mass is 16.5. The summed E-state index contributed by atoms with van der Waals surface area (Å²) in [5, 5.41) is 0. The molecule has 0 radical (unpaired) electrons. The van der Waals surface area contributed by atoms with E-state index in [1.165, 1.54) is 4.90 Å². The molecule has 1 saturated carbocycles. The quantitative estimate of drug-likeness (QED) is 0.805. The highest BCUT2D eigenvalue weighted by molar-refractivity contribution is 6.08. The van der Waals surface area contributed by atoms with Crippen molar-refractivity contribution in [3.05, 3.63) is 29.8 Å². The van der Waals surface area contributed by atoms with Crippen molar-refractivity contribution in [2.24, 2.45) is 17.6 Å². The predicted molar refractivity (Wildman–Crippen MR) is 77.5 cm³/mol. The summed E-state index contributed by atoms with van der Waals surface area (Å²) in [6.45, 7) is 3.00. The highest BCUT2D eigenvalue weighted by Gasteiger charge is 2.58. The van der Waals surface area contributed by atoms with Gasteiger partial charge in [-0.25, -0.2) is 0 Å². The molecule has 5 heteroatoms. The van der Waals surface area contributed by atoms with Crippen LogP contribution in [0.2, 0.25) is 0 Å². The average molecular weight is 288 g/mol. The topological polar surface area (TPSA) is 72.6 Å². The number of hydrogen-bond donors (Lipinski definition) is 1. The van der Waals surface area contributed by atoms with Gasteiger partial charge in [0.05, 0.1) is 18.4 Å². The highest BCUT2D eigenvalue weighted by Crippen LogP contribution is 2.47. The minimum Gasteiger partial charge on any atom is -0.494 e. The molecule has 1 aliphatic carbocycles. The molecule has 112 valence electrons. The molecule has 2 amide bonds. The number of likely N-dealkylation sites (tertiary alicyclic amines) is 1. The fourth-order valence-corrected chi connectivity index (χ4v) is 2.76. The lowest BCUT2D eigenvalue weighted by Crippen LogP contribution is -2.38.